The van der Waals surface area contributed by atoms with Crippen molar-refractivity contribution in [2.24, 2.45) is 0 Å². The Hall–Kier alpha value is -3.27. The molecule has 1 fully saturated rings. The highest BCUT2D eigenvalue weighted by Gasteiger charge is 2.37. The summed E-state index contributed by atoms with van der Waals surface area (Å²) in [5, 5.41) is 2.80. The maximum absolute atomic E-state index is 12.9. The zero-order valence-electron chi connectivity index (χ0n) is 15.2. The smallest absolute Gasteiger partial charge is 0.335 e. The number of nitrogens with one attached hydrogen (secondary N) is 1. The Balaban J connectivity index is 1.96. The monoisotopic (exact) mass is 428 g/mol. The summed E-state index contributed by atoms with van der Waals surface area (Å²) in [7, 11) is 0. The molecule has 1 saturated heterocycles. The van der Waals surface area contributed by atoms with Crippen LogP contribution in [-0.2, 0) is 9.59 Å². The molecule has 0 aliphatic carbocycles. The van der Waals surface area contributed by atoms with Crippen LogP contribution in [-0.4, -0.2) is 24.5 Å². The van der Waals surface area contributed by atoms with Crippen LogP contribution in [0.5, 0.6) is 5.75 Å². The number of rotatable bonds is 4. The lowest BCUT2D eigenvalue weighted by molar-refractivity contribution is -0.122. The van der Waals surface area contributed by atoms with Crippen LogP contribution in [0.1, 0.15) is 11.1 Å². The number of ether oxygens (including phenoxy) is 1. The second-order valence-electron chi connectivity index (χ2n) is 6.07. The first-order valence-electron chi connectivity index (χ1n) is 8.35. The number of aryl methyl sites for hydroxylation is 1. The van der Waals surface area contributed by atoms with E-state index in [9.17, 15) is 14.4 Å². The van der Waals surface area contributed by atoms with Crippen LogP contribution < -0.4 is 15.0 Å². The number of hydrogen-bond acceptors (Lipinski definition) is 4. The summed E-state index contributed by atoms with van der Waals surface area (Å²) in [6.07, 6.45) is 6.49. The van der Waals surface area contributed by atoms with Gasteiger partial charge in [-0.1, -0.05) is 41.3 Å². The molecule has 1 N–H and O–H groups in total. The fourth-order valence-corrected chi connectivity index (χ4v) is 3.04. The number of hydrogen-bond donors (Lipinski definition) is 1. The molecule has 8 heteroatoms. The number of anilines is 1. The lowest BCUT2D eigenvalue weighted by atomic mass is 10.1. The molecule has 0 saturated carbocycles. The van der Waals surface area contributed by atoms with Crippen LogP contribution in [0.25, 0.3) is 6.08 Å². The number of carbonyl (C=O) groups is 3. The fraction of sp³-hybridized carbons (Fsp3) is 0.0952. The standard InChI is InChI=1S/C21H14Cl2N2O4/c1-3-8-29-18-7-5-13(10-17(18)23)9-15-19(26)24-21(28)25(20(15)27)14-6-4-12(2)16(22)11-14/h1,4-7,9-11H,8H2,2H3,(H,24,26,28)/b15-9+. The summed E-state index contributed by atoms with van der Waals surface area (Å²) in [4.78, 5) is 38.3. The van der Waals surface area contributed by atoms with Crippen LogP contribution >= 0.6 is 23.2 Å². The molecule has 6 nitrogen and oxygen atoms in total. The second-order valence-corrected chi connectivity index (χ2v) is 6.89. The molecule has 2 aromatic rings. The summed E-state index contributed by atoms with van der Waals surface area (Å²) in [6, 6.07) is 8.57. The molecule has 4 amide bonds. The van der Waals surface area contributed by atoms with Crippen molar-refractivity contribution < 1.29 is 19.1 Å². The van der Waals surface area contributed by atoms with Crippen LogP contribution in [0, 0.1) is 19.3 Å². The molecule has 146 valence electrons. The van der Waals surface area contributed by atoms with Gasteiger partial charge >= 0.3 is 6.03 Å². The summed E-state index contributed by atoms with van der Waals surface area (Å²) in [5.41, 5.74) is 1.28. The van der Waals surface area contributed by atoms with E-state index in [2.05, 4.69) is 11.2 Å². The Morgan fingerprint density at radius 3 is 2.55 bits per heavy atom. The number of imide groups is 2. The summed E-state index contributed by atoms with van der Waals surface area (Å²) in [5.74, 6) is 1.12. The molecule has 0 spiro atoms. The van der Waals surface area contributed by atoms with Gasteiger partial charge in [0, 0.05) is 5.02 Å². The maximum atomic E-state index is 12.9. The molecule has 1 aliphatic heterocycles. The highest BCUT2D eigenvalue weighted by molar-refractivity contribution is 6.39. The third-order valence-electron chi connectivity index (χ3n) is 4.09. The molecule has 0 unspecified atom stereocenters. The Morgan fingerprint density at radius 1 is 1.14 bits per heavy atom. The van der Waals surface area contributed by atoms with Crippen LogP contribution in [0.4, 0.5) is 10.5 Å². The fourth-order valence-electron chi connectivity index (χ4n) is 2.62. The highest BCUT2D eigenvalue weighted by Crippen LogP contribution is 2.29. The molecule has 0 radical (unpaired) electrons. The Labute approximate surface area is 177 Å². The molecule has 3 rings (SSSR count). The van der Waals surface area contributed by atoms with E-state index in [1.807, 2.05) is 0 Å². The summed E-state index contributed by atoms with van der Waals surface area (Å²) >= 11 is 12.2. The lowest BCUT2D eigenvalue weighted by Gasteiger charge is -2.26. The summed E-state index contributed by atoms with van der Waals surface area (Å²) < 4.78 is 5.28. The van der Waals surface area contributed by atoms with Gasteiger partial charge in [0.25, 0.3) is 11.8 Å². The average Bonchev–Trinajstić information content (AvgIpc) is 2.67. The van der Waals surface area contributed by atoms with Crippen molar-refractivity contribution in [3.05, 3.63) is 63.1 Å². The van der Waals surface area contributed by atoms with Crippen molar-refractivity contribution in [3.8, 4) is 18.1 Å². The van der Waals surface area contributed by atoms with Crippen molar-refractivity contribution in [3.63, 3.8) is 0 Å². The van der Waals surface area contributed by atoms with E-state index in [0.717, 1.165) is 10.5 Å². The quantitative estimate of drug-likeness (QED) is 0.453. The minimum Gasteiger partial charge on any atom is -0.479 e. The number of terminal acetylenes is 1. The molecule has 1 aliphatic rings. The van der Waals surface area contributed by atoms with Gasteiger partial charge < -0.3 is 4.74 Å². The van der Waals surface area contributed by atoms with Gasteiger partial charge in [-0.15, -0.1) is 6.42 Å². The molecule has 0 aromatic heterocycles. The number of carbonyl (C=O) groups excluding carboxylic acids is 3. The van der Waals surface area contributed by atoms with E-state index in [0.29, 0.717) is 16.3 Å². The van der Waals surface area contributed by atoms with E-state index < -0.39 is 17.8 Å². The minimum atomic E-state index is -0.854. The molecular weight excluding hydrogens is 415 g/mol. The van der Waals surface area contributed by atoms with Crippen molar-refractivity contribution in [1.29, 1.82) is 0 Å². The van der Waals surface area contributed by atoms with Crippen LogP contribution in [0.2, 0.25) is 10.0 Å². The Kier molecular flexibility index (Phi) is 5.92. The third kappa shape index (κ3) is 4.27. The zero-order chi connectivity index (χ0) is 21.1. The number of halogens is 2. The van der Waals surface area contributed by atoms with Crippen molar-refractivity contribution in [2.45, 2.75) is 6.92 Å². The van der Waals surface area contributed by atoms with Gasteiger partial charge in [-0.05, 0) is 48.4 Å². The first-order chi connectivity index (χ1) is 13.8. The molecule has 0 atom stereocenters. The van der Waals surface area contributed by atoms with Gasteiger partial charge in [-0.25, -0.2) is 9.69 Å². The van der Waals surface area contributed by atoms with Gasteiger partial charge in [-0.2, -0.15) is 0 Å². The van der Waals surface area contributed by atoms with Crippen LogP contribution in [0.15, 0.2) is 42.0 Å². The number of barbiturate groups is 1. The SMILES string of the molecule is C#CCOc1ccc(/C=C2\C(=O)NC(=O)N(c3ccc(C)c(Cl)c3)C2=O)cc1Cl. The second kappa shape index (κ2) is 8.39. The number of urea groups is 1. The Bertz CT molecular complexity index is 1100. The zero-order valence-corrected chi connectivity index (χ0v) is 16.7. The molecule has 2 aromatic carbocycles. The predicted molar refractivity (Wildman–Crippen MR) is 111 cm³/mol. The Morgan fingerprint density at radius 2 is 1.90 bits per heavy atom. The average molecular weight is 429 g/mol. The van der Waals surface area contributed by atoms with Gasteiger partial charge in [0.1, 0.15) is 17.9 Å². The number of benzene rings is 2. The van der Waals surface area contributed by atoms with Gasteiger partial charge in [0.2, 0.25) is 0 Å². The first kappa shape index (κ1) is 20.5. The van der Waals surface area contributed by atoms with E-state index in [-0.39, 0.29) is 22.9 Å². The van der Waals surface area contributed by atoms with E-state index in [1.165, 1.54) is 18.2 Å². The normalized spacial score (nSPS) is 15.3. The third-order valence-corrected chi connectivity index (χ3v) is 4.80. The van der Waals surface area contributed by atoms with Crippen molar-refractivity contribution in [2.75, 3.05) is 11.5 Å². The minimum absolute atomic E-state index is 0.0528. The first-order valence-corrected chi connectivity index (χ1v) is 9.11. The topological polar surface area (TPSA) is 75.7 Å². The van der Waals surface area contributed by atoms with Gasteiger partial charge in [0.15, 0.2) is 0 Å². The molecule has 1 heterocycles. The molecular formula is C21H14Cl2N2O4. The summed E-state index contributed by atoms with van der Waals surface area (Å²) in [6.45, 7) is 1.84. The van der Waals surface area contributed by atoms with Crippen molar-refractivity contribution >= 4 is 52.8 Å². The van der Waals surface area contributed by atoms with Crippen molar-refractivity contribution in [1.82, 2.24) is 5.32 Å². The molecule has 29 heavy (non-hydrogen) atoms. The predicted octanol–water partition coefficient (Wildman–Crippen LogP) is 3.98. The van der Waals surface area contributed by atoms with E-state index >= 15 is 0 Å². The molecule has 0 bridgehead atoms. The van der Waals surface area contributed by atoms with Gasteiger partial charge in [0.05, 0.1) is 10.7 Å². The van der Waals surface area contributed by atoms with E-state index in [1.54, 1.807) is 31.2 Å². The number of nitrogens with zero attached hydrogens (tertiary/aromatic N) is 1. The highest BCUT2D eigenvalue weighted by atomic mass is 35.5. The maximum Gasteiger partial charge on any atom is 0.335 e. The van der Waals surface area contributed by atoms with Gasteiger partial charge in [-0.3, -0.25) is 14.9 Å². The lowest BCUT2D eigenvalue weighted by Crippen LogP contribution is -2.54. The largest absolute Gasteiger partial charge is 0.479 e. The van der Waals surface area contributed by atoms with E-state index in [4.69, 9.17) is 34.4 Å². The number of amides is 4. The van der Waals surface area contributed by atoms with Crippen LogP contribution in [0.3, 0.4) is 0 Å².